The van der Waals surface area contributed by atoms with Crippen LogP contribution in [-0.4, -0.2) is 45.8 Å². The van der Waals surface area contributed by atoms with Crippen molar-refractivity contribution in [3.63, 3.8) is 0 Å². The highest BCUT2D eigenvalue weighted by molar-refractivity contribution is 5.74. The van der Waals surface area contributed by atoms with Crippen molar-refractivity contribution in [2.24, 2.45) is 35.5 Å². The summed E-state index contributed by atoms with van der Waals surface area (Å²) in [4.78, 5) is 12.6. The lowest BCUT2D eigenvalue weighted by atomic mass is 9.66. The molecule has 5 heteroatoms. The number of fused-ring (bicyclic) bond motifs is 5. The van der Waals surface area contributed by atoms with E-state index in [1.54, 1.807) is 14.2 Å². The first-order valence-electron chi connectivity index (χ1n) is 8.97. The van der Waals surface area contributed by atoms with Gasteiger partial charge in [-0.2, -0.15) is 0 Å². The molecule has 2 saturated carbocycles. The fourth-order valence-electron chi connectivity index (χ4n) is 5.80. The van der Waals surface area contributed by atoms with E-state index in [0.29, 0.717) is 42.5 Å². The Balaban J connectivity index is 1.84. The molecule has 0 radical (unpaired) electrons. The van der Waals surface area contributed by atoms with Crippen molar-refractivity contribution in [3.8, 4) is 0 Å². The first-order valence-corrected chi connectivity index (χ1v) is 8.97. The van der Waals surface area contributed by atoms with Crippen molar-refractivity contribution in [1.82, 2.24) is 0 Å². The molecule has 2 bridgehead atoms. The zero-order valence-corrected chi connectivity index (χ0v) is 14.7. The summed E-state index contributed by atoms with van der Waals surface area (Å²) in [6.07, 6.45) is 3.83. The minimum Gasteiger partial charge on any atom is -0.438 e. The molecule has 0 aromatic carbocycles. The van der Waals surface area contributed by atoms with Crippen molar-refractivity contribution in [2.45, 2.75) is 45.3 Å². The molecule has 1 heterocycles. The second-order valence-electron chi connectivity index (χ2n) is 7.26. The summed E-state index contributed by atoms with van der Waals surface area (Å²) in [6, 6.07) is 0. The minimum absolute atomic E-state index is 0.0335. The molecule has 3 rings (SSSR count). The Morgan fingerprint density at radius 1 is 1.04 bits per heavy atom. The van der Waals surface area contributed by atoms with Crippen LogP contribution in [0.1, 0.15) is 33.1 Å². The van der Waals surface area contributed by atoms with Gasteiger partial charge in [0.2, 0.25) is 0 Å². The van der Waals surface area contributed by atoms with Crippen LogP contribution in [0.5, 0.6) is 0 Å². The molecule has 8 unspecified atom stereocenters. The van der Waals surface area contributed by atoms with Crippen molar-refractivity contribution >= 4 is 5.97 Å². The molecule has 3 aliphatic rings. The van der Waals surface area contributed by atoms with E-state index in [1.807, 2.05) is 0 Å². The third-order valence-electron chi connectivity index (χ3n) is 6.41. The highest BCUT2D eigenvalue weighted by atomic mass is 16.7. The first-order chi connectivity index (χ1) is 11.2. The molecule has 23 heavy (non-hydrogen) atoms. The summed E-state index contributed by atoms with van der Waals surface area (Å²) in [5, 5.41) is 0. The first kappa shape index (κ1) is 17.2. The summed E-state index contributed by atoms with van der Waals surface area (Å²) in [7, 11) is 3.26. The Kier molecular flexibility index (Phi) is 5.29. The molecule has 2 aliphatic carbocycles. The van der Waals surface area contributed by atoms with E-state index >= 15 is 0 Å². The molecule has 3 fully saturated rings. The molecule has 0 spiro atoms. The molecular formula is C18H30O5. The third kappa shape index (κ3) is 2.71. The number of hydrogen-bond acceptors (Lipinski definition) is 5. The lowest BCUT2D eigenvalue weighted by Crippen LogP contribution is -2.43. The smallest absolute Gasteiger partial charge is 0.311 e. The standard InChI is InChI=1S/C18H30O5/c1-5-13-16-10-7-11(17(16)14(6-2)23-13)15(12(10)8-20-3)18(19)22-9-21-4/h10-17H,5-9H2,1-4H3. The number of carbonyl (C=O) groups excluding carboxylic acids is 1. The Morgan fingerprint density at radius 2 is 1.70 bits per heavy atom. The molecule has 0 amide bonds. The van der Waals surface area contributed by atoms with Crippen LogP contribution in [0.4, 0.5) is 0 Å². The van der Waals surface area contributed by atoms with Crippen molar-refractivity contribution in [3.05, 3.63) is 0 Å². The number of hydrogen-bond donors (Lipinski definition) is 0. The summed E-state index contributed by atoms with van der Waals surface area (Å²) < 4.78 is 22.0. The topological polar surface area (TPSA) is 54.0 Å². The average Bonchev–Trinajstić information content (AvgIpc) is 3.21. The zero-order chi connectivity index (χ0) is 16.6. The van der Waals surface area contributed by atoms with Gasteiger partial charge in [-0.25, -0.2) is 0 Å². The van der Waals surface area contributed by atoms with E-state index in [1.165, 1.54) is 0 Å². The van der Waals surface area contributed by atoms with Crippen LogP contribution in [0, 0.1) is 35.5 Å². The highest BCUT2D eigenvalue weighted by Gasteiger charge is 2.66. The molecule has 1 aliphatic heterocycles. The lowest BCUT2D eigenvalue weighted by molar-refractivity contribution is -0.166. The van der Waals surface area contributed by atoms with Gasteiger partial charge >= 0.3 is 5.97 Å². The van der Waals surface area contributed by atoms with Gasteiger partial charge < -0.3 is 18.9 Å². The molecule has 8 atom stereocenters. The van der Waals surface area contributed by atoms with E-state index in [4.69, 9.17) is 18.9 Å². The van der Waals surface area contributed by atoms with Gasteiger partial charge in [0.25, 0.3) is 0 Å². The monoisotopic (exact) mass is 326 g/mol. The van der Waals surface area contributed by atoms with Crippen LogP contribution >= 0.6 is 0 Å². The molecule has 1 saturated heterocycles. The van der Waals surface area contributed by atoms with Crippen LogP contribution in [0.25, 0.3) is 0 Å². The zero-order valence-electron chi connectivity index (χ0n) is 14.7. The van der Waals surface area contributed by atoms with Gasteiger partial charge in [0.05, 0.1) is 24.7 Å². The molecule has 0 N–H and O–H groups in total. The van der Waals surface area contributed by atoms with Gasteiger partial charge in [-0.1, -0.05) is 13.8 Å². The van der Waals surface area contributed by atoms with Crippen LogP contribution in [0.15, 0.2) is 0 Å². The Labute approximate surface area is 139 Å². The van der Waals surface area contributed by atoms with Gasteiger partial charge in [-0.05, 0) is 48.9 Å². The predicted molar refractivity (Wildman–Crippen MR) is 84.6 cm³/mol. The van der Waals surface area contributed by atoms with Crippen molar-refractivity contribution in [1.29, 1.82) is 0 Å². The van der Waals surface area contributed by atoms with Crippen LogP contribution < -0.4 is 0 Å². The second kappa shape index (κ2) is 7.08. The minimum atomic E-state index is -0.116. The van der Waals surface area contributed by atoms with E-state index in [9.17, 15) is 4.79 Å². The Morgan fingerprint density at radius 3 is 2.26 bits per heavy atom. The number of rotatable bonds is 7. The number of ether oxygens (including phenoxy) is 4. The van der Waals surface area contributed by atoms with Crippen LogP contribution in [0.2, 0.25) is 0 Å². The van der Waals surface area contributed by atoms with Crippen LogP contribution in [0.3, 0.4) is 0 Å². The summed E-state index contributed by atoms with van der Waals surface area (Å²) in [5.41, 5.74) is 0. The van der Waals surface area contributed by atoms with Crippen LogP contribution in [-0.2, 0) is 23.7 Å². The fourth-order valence-corrected chi connectivity index (χ4v) is 5.80. The molecular weight excluding hydrogens is 296 g/mol. The Bertz CT molecular complexity index is 426. The maximum absolute atomic E-state index is 12.6. The van der Waals surface area contributed by atoms with E-state index < -0.39 is 0 Å². The van der Waals surface area contributed by atoms with Crippen molar-refractivity contribution in [2.75, 3.05) is 27.6 Å². The van der Waals surface area contributed by atoms with E-state index in [-0.39, 0.29) is 24.6 Å². The average molecular weight is 326 g/mol. The maximum Gasteiger partial charge on any atom is 0.311 e. The number of carbonyl (C=O) groups is 1. The fraction of sp³-hybridized carbons (Fsp3) is 0.944. The summed E-state index contributed by atoms with van der Waals surface area (Å²) in [6.45, 7) is 5.06. The predicted octanol–water partition coefficient (Wildman–Crippen LogP) is 2.48. The van der Waals surface area contributed by atoms with Gasteiger partial charge in [0.15, 0.2) is 6.79 Å². The second-order valence-corrected chi connectivity index (χ2v) is 7.26. The van der Waals surface area contributed by atoms with Gasteiger partial charge in [-0.3, -0.25) is 4.79 Å². The third-order valence-corrected chi connectivity index (χ3v) is 6.41. The maximum atomic E-state index is 12.6. The number of esters is 1. The SMILES string of the molecule is CCC1OC(CC)C2C3CC(C(COC)C3C(=O)OCOC)C12. The van der Waals surface area contributed by atoms with Gasteiger partial charge in [0, 0.05) is 14.2 Å². The quantitative estimate of drug-likeness (QED) is 0.531. The normalized spacial score (nSPS) is 44.5. The van der Waals surface area contributed by atoms with E-state index in [0.717, 1.165) is 19.3 Å². The largest absolute Gasteiger partial charge is 0.438 e. The number of methoxy groups -OCH3 is 2. The molecule has 5 nitrogen and oxygen atoms in total. The van der Waals surface area contributed by atoms with Crippen molar-refractivity contribution < 1.29 is 23.7 Å². The van der Waals surface area contributed by atoms with Gasteiger partial charge in [0.1, 0.15) is 0 Å². The van der Waals surface area contributed by atoms with Gasteiger partial charge in [-0.15, -0.1) is 0 Å². The summed E-state index contributed by atoms with van der Waals surface area (Å²) in [5.74, 6) is 2.05. The van der Waals surface area contributed by atoms with E-state index in [2.05, 4.69) is 13.8 Å². The Hall–Kier alpha value is -0.650. The lowest BCUT2D eigenvalue weighted by Gasteiger charge is -2.38. The molecule has 0 aromatic heterocycles. The summed E-state index contributed by atoms with van der Waals surface area (Å²) >= 11 is 0. The molecule has 0 aromatic rings. The highest BCUT2D eigenvalue weighted by Crippen LogP contribution is 2.64. The molecule has 132 valence electrons.